The monoisotopic (exact) mass is 326 g/mol. The van der Waals surface area contributed by atoms with Crippen LogP contribution in [-0.4, -0.2) is 61.2 Å². The van der Waals surface area contributed by atoms with Gasteiger partial charge in [0.25, 0.3) is 0 Å². The molecule has 0 aliphatic carbocycles. The van der Waals surface area contributed by atoms with E-state index in [4.69, 9.17) is 10.00 Å². The lowest BCUT2D eigenvalue weighted by molar-refractivity contribution is 0.197. The zero-order chi connectivity index (χ0) is 16.8. The molecular formula is C18H22N4O2. The van der Waals surface area contributed by atoms with Crippen LogP contribution in [-0.2, 0) is 0 Å². The zero-order valence-corrected chi connectivity index (χ0v) is 13.6. The molecule has 1 N–H and O–H groups in total. The van der Waals surface area contributed by atoms with Crippen molar-refractivity contribution >= 4 is 6.03 Å². The number of rotatable bonds is 5. The lowest BCUT2D eigenvalue weighted by Gasteiger charge is -2.23. The molecule has 1 atom stereocenters. The maximum Gasteiger partial charge on any atom is 0.317 e. The highest BCUT2D eigenvalue weighted by atomic mass is 16.5. The molecule has 0 radical (unpaired) electrons. The molecule has 126 valence electrons. The first-order chi connectivity index (χ1) is 11.8. The number of nitrogens with zero attached hydrogens (tertiary/aromatic N) is 3. The van der Waals surface area contributed by atoms with E-state index in [0.717, 1.165) is 32.6 Å². The third-order valence-corrected chi connectivity index (χ3v) is 4.44. The number of carbonyl (C=O) groups excluding carboxylic acids is 1. The second-order valence-corrected chi connectivity index (χ2v) is 6.03. The summed E-state index contributed by atoms with van der Waals surface area (Å²) in [5.74, 6) is 0.700. The molecule has 24 heavy (non-hydrogen) atoms. The number of urea groups is 1. The smallest absolute Gasteiger partial charge is 0.317 e. The van der Waals surface area contributed by atoms with Gasteiger partial charge in [-0.05, 0) is 30.7 Å². The molecule has 6 nitrogen and oxygen atoms in total. The van der Waals surface area contributed by atoms with Crippen molar-refractivity contribution in [3.63, 3.8) is 0 Å². The van der Waals surface area contributed by atoms with Crippen molar-refractivity contribution < 1.29 is 9.53 Å². The molecule has 0 saturated carbocycles. The predicted octanol–water partition coefficient (Wildman–Crippen LogP) is 1.59. The topological polar surface area (TPSA) is 68.6 Å². The van der Waals surface area contributed by atoms with Crippen molar-refractivity contribution in [2.45, 2.75) is 12.5 Å². The van der Waals surface area contributed by atoms with E-state index in [-0.39, 0.29) is 6.03 Å². The predicted molar refractivity (Wildman–Crippen MR) is 90.7 cm³/mol. The number of carbonyl (C=O) groups is 1. The molecule has 2 amide bonds. The largest absolute Gasteiger partial charge is 0.492 e. The van der Waals surface area contributed by atoms with E-state index in [2.05, 4.69) is 28.4 Å². The first kappa shape index (κ1) is 16.3. The summed E-state index contributed by atoms with van der Waals surface area (Å²) in [4.78, 5) is 16.5. The lowest BCUT2D eigenvalue weighted by atomic mass is 10.2. The molecule has 2 aliphatic heterocycles. The molecule has 0 spiro atoms. The maximum absolute atomic E-state index is 12.2. The number of nitrogens with one attached hydrogen (secondary N) is 1. The molecule has 0 bridgehead atoms. The minimum Gasteiger partial charge on any atom is -0.492 e. The summed E-state index contributed by atoms with van der Waals surface area (Å²) in [6.07, 6.45) is 5.41. The highest BCUT2D eigenvalue weighted by Crippen LogP contribution is 2.17. The van der Waals surface area contributed by atoms with Crippen molar-refractivity contribution in [2.24, 2.45) is 0 Å². The van der Waals surface area contributed by atoms with Crippen molar-refractivity contribution in [3.05, 3.63) is 42.0 Å². The van der Waals surface area contributed by atoms with Crippen LogP contribution >= 0.6 is 0 Å². The Morgan fingerprint density at radius 3 is 2.75 bits per heavy atom. The molecule has 0 unspecified atom stereocenters. The molecule has 2 heterocycles. The fourth-order valence-electron chi connectivity index (χ4n) is 3.08. The SMILES string of the molecule is N#Cc1ccc(OCCNC(=O)N2CC[C@@H](N3CC=CC3)C2)cc1. The van der Waals surface area contributed by atoms with Gasteiger partial charge in [-0.1, -0.05) is 12.2 Å². The zero-order valence-electron chi connectivity index (χ0n) is 13.6. The van der Waals surface area contributed by atoms with Crippen molar-refractivity contribution in [1.29, 1.82) is 5.26 Å². The summed E-state index contributed by atoms with van der Waals surface area (Å²) in [6.45, 7) is 4.47. The summed E-state index contributed by atoms with van der Waals surface area (Å²) < 4.78 is 5.56. The van der Waals surface area contributed by atoms with E-state index in [0.29, 0.717) is 30.5 Å². The summed E-state index contributed by atoms with van der Waals surface area (Å²) in [5.41, 5.74) is 0.604. The standard InChI is InChI=1S/C18H22N4O2/c19-13-15-3-5-17(6-4-15)24-12-8-20-18(23)22-11-7-16(14-22)21-9-1-2-10-21/h1-6,16H,7-12,14H2,(H,20,23)/t16-/m1/s1. The van der Waals surface area contributed by atoms with Crippen LogP contribution in [0.15, 0.2) is 36.4 Å². The molecule has 1 saturated heterocycles. The maximum atomic E-state index is 12.2. The summed E-state index contributed by atoms with van der Waals surface area (Å²) >= 11 is 0. The first-order valence-electron chi connectivity index (χ1n) is 8.31. The average molecular weight is 326 g/mol. The number of benzene rings is 1. The van der Waals surface area contributed by atoms with Gasteiger partial charge >= 0.3 is 6.03 Å². The number of hydrogen-bond donors (Lipinski definition) is 1. The lowest BCUT2D eigenvalue weighted by Crippen LogP contribution is -2.42. The van der Waals surface area contributed by atoms with Crippen LogP contribution in [0.3, 0.4) is 0 Å². The number of nitriles is 1. The Morgan fingerprint density at radius 2 is 2.04 bits per heavy atom. The van der Waals surface area contributed by atoms with Crippen LogP contribution in [0.5, 0.6) is 5.75 Å². The third kappa shape index (κ3) is 4.06. The molecule has 1 aromatic rings. The van der Waals surface area contributed by atoms with Gasteiger partial charge in [0.15, 0.2) is 0 Å². The normalized spacial score (nSPS) is 20.1. The highest BCUT2D eigenvalue weighted by molar-refractivity contribution is 5.74. The number of hydrogen-bond acceptors (Lipinski definition) is 4. The molecule has 2 aliphatic rings. The minimum atomic E-state index is -0.0203. The van der Waals surface area contributed by atoms with Crippen LogP contribution in [0.1, 0.15) is 12.0 Å². The van der Waals surface area contributed by atoms with Gasteiger partial charge in [-0.15, -0.1) is 0 Å². The van der Waals surface area contributed by atoms with E-state index >= 15 is 0 Å². The molecule has 1 aromatic carbocycles. The highest BCUT2D eigenvalue weighted by Gasteiger charge is 2.30. The van der Waals surface area contributed by atoms with Crippen molar-refractivity contribution in [1.82, 2.24) is 15.1 Å². The van der Waals surface area contributed by atoms with Crippen LogP contribution in [0.4, 0.5) is 4.79 Å². The second-order valence-electron chi connectivity index (χ2n) is 6.03. The van der Waals surface area contributed by atoms with Gasteiger partial charge in [0.2, 0.25) is 0 Å². The second kappa shape index (κ2) is 7.84. The molecule has 1 fully saturated rings. The van der Waals surface area contributed by atoms with Crippen LogP contribution in [0, 0.1) is 11.3 Å². The third-order valence-electron chi connectivity index (χ3n) is 4.44. The summed E-state index contributed by atoms with van der Waals surface area (Å²) in [6, 6.07) is 9.46. The Kier molecular flexibility index (Phi) is 5.34. The fraction of sp³-hybridized carbons (Fsp3) is 0.444. The van der Waals surface area contributed by atoms with E-state index in [9.17, 15) is 4.79 Å². The van der Waals surface area contributed by atoms with Gasteiger partial charge in [0.1, 0.15) is 12.4 Å². The Morgan fingerprint density at radius 1 is 1.29 bits per heavy atom. The molecule has 3 rings (SSSR count). The number of amides is 2. The van der Waals surface area contributed by atoms with Crippen LogP contribution < -0.4 is 10.1 Å². The Balaban J connectivity index is 1.34. The minimum absolute atomic E-state index is 0.0203. The quantitative estimate of drug-likeness (QED) is 0.659. The number of likely N-dealkylation sites (tertiary alicyclic amines) is 1. The van der Waals surface area contributed by atoms with Gasteiger partial charge in [-0.2, -0.15) is 5.26 Å². The Hall–Kier alpha value is -2.52. The van der Waals surface area contributed by atoms with E-state index in [1.54, 1.807) is 24.3 Å². The van der Waals surface area contributed by atoms with Gasteiger partial charge < -0.3 is 15.0 Å². The van der Waals surface area contributed by atoms with Crippen LogP contribution in [0.2, 0.25) is 0 Å². The molecule has 6 heteroatoms. The summed E-state index contributed by atoms with van der Waals surface area (Å²) in [7, 11) is 0. The Bertz CT molecular complexity index is 627. The average Bonchev–Trinajstić information content (AvgIpc) is 3.30. The van der Waals surface area contributed by atoms with Crippen molar-refractivity contribution in [3.8, 4) is 11.8 Å². The van der Waals surface area contributed by atoms with E-state index < -0.39 is 0 Å². The van der Waals surface area contributed by atoms with Crippen LogP contribution in [0.25, 0.3) is 0 Å². The number of ether oxygens (including phenoxy) is 1. The van der Waals surface area contributed by atoms with E-state index in [1.165, 1.54) is 0 Å². The molecule has 0 aromatic heterocycles. The Labute approximate surface area is 142 Å². The first-order valence-corrected chi connectivity index (χ1v) is 8.31. The van der Waals surface area contributed by atoms with Gasteiger partial charge in [0.05, 0.1) is 18.2 Å². The van der Waals surface area contributed by atoms with Gasteiger partial charge in [-0.3, -0.25) is 4.90 Å². The van der Waals surface area contributed by atoms with Gasteiger partial charge in [0, 0.05) is 32.2 Å². The van der Waals surface area contributed by atoms with E-state index in [1.807, 2.05) is 4.90 Å². The molecular weight excluding hydrogens is 304 g/mol. The fourth-order valence-corrected chi connectivity index (χ4v) is 3.08. The summed E-state index contributed by atoms with van der Waals surface area (Å²) in [5, 5.41) is 11.7. The van der Waals surface area contributed by atoms with Gasteiger partial charge in [-0.25, -0.2) is 4.79 Å². The van der Waals surface area contributed by atoms with Crippen molar-refractivity contribution in [2.75, 3.05) is 39.3 Å².